The second-order valence-electron chi connectivity index (χ2n) is 4.66. The molecule has 1 N–H and O–H groups in total. The van der Waals surface area contributed by atoms with Crippen LogP contribution in [-0.2, 0) is 16.2 Å². The summed E-state index contributed by atoms with van der Waals surface area (Å²) in [5, 5.41) is 0. The second kappa shape index (κ2) is 5.27. The molecule has 1 aromatic rings. The van der Waals surface area contributed by atoms with E-state index in [0.29, 0.717) is 6.61 Å². The third-order valence-corrected chi connectivity index (χ3v) is 3.34. The largest absolute Gasteiger partial charge is 0.271 e. The zero-order valence-corrected chi connectivity index (χ0v) is 10.8. The lowest BCUT2D eigenvalue weighted by Crippen LogP contribution is -2.41. The van der Waals surface area contributed by atoms with Gasteiger partial charge < -0.3 is 0 Å². The highest BCUT2D eigenvalue weighted by molar-refractivity contribution is 6.06. The molecule has 0 spiro atoms. The van der Waals surface area contributed by atoms with E-state index in [9.17, 15) is 4.79 Å². The fourth-order valence-electron chi connectivity index (χ4n) is 2.21. The molecule has 1 aromatic carbocycles. The number of allylic oxidation sites excluding steroid dienone is 3. The zero-order valence-electron chi connectivity index (χ0n) is 10.8. The first-order valence-electron chi connectivity index (χ1n) is 6.38. The van der Waals surface area contributed by atoms with Crippen molar-refractivity contribution in [2.24, 2.45) is 10.4 Å². The molecule has 1 unspecified atom stereocenters. The van der Waals surface area contributed by atoms with Crippen molar-refractivity contribution in [1.82, 2.24) is 5.48 Å². The Bertz CT molecular complexity index is 629. The smallest absolute Gasteiger partial charge is 0.263 e. The lowest BCUT2D eigenvalue weighted by molar-refractivity contribution is -0.138. The highest BCUT2D eigenvalue weighted by Crippen LogP contribution is 2.35. The van der Waals surface area contributed by atoms with Crippen LogP contribution in [-0.4, -0.2) is 12.1 Å². The Morgan fingerprint density at radius 3 is 2.95 bits per heavy atom. The van der Waals surface area contributed by atoms with Crippen molar-refractivity contribution in [2.75, 3.05) is 0 Å². The number of amides is 1. The van der Waals surface area contributed by atoms with E-state index in [0.717, 1.165) is 11.1 Å². The summed E-state index contributed by atoms with van der Waals surface area (Å²) in [6, 6.07) is 9.68. The van der Waals surface area contributed by atoms with Crippen molar-refractivity contribution in [3.05, 3.63) is 72.0 Å². The van der Waals surface area contributed by atoms with Crippen molar-refractivity contribution in [3.8, 4) is 0 Å². The molecule has 0 saturated heterocycles. The molecule has 1 heterocycles. The first kappa shape index (κ1) is 12.6. The van der Waals surface area contributed by atoms with Gasteiger partial charge in [0.05, 0.1) is 6.61 Å². The fourth-order valence-corrected chi connectivity index (χ4v) is 2.21. The van der Waals surface area contributed by atoms with Crippen LogP contribution >= 0.6 is 0 Å². The lowest BCUT2D eigenvalue weighted by atomic mass is 9.79. The summed E-state index contributed by atoms with van der Waals surface area (Å²) in [4.78, 5) is 21.7. The molecule has 0 aromatic heterocycles. The minimum atomic E-state index is -0.828. The van der Waals surface area contributed by atoms with E-state index in [1.165, 1.54) is 0 Å². The van der Waals surface area contributed by atoms with Crippen molar-refractivity contribution in [1.29, 1.82) is 0 Å². The van der Waals surface area contributed by atoms with Crippen molar-refractivity contribution in [2.45, 2.75) is 6.61 Å². The number of hydroxylamine groups is 1. The first-order valence-corrected chi connectivity index (χ1v) is 6.38. The maximum absolute atomic E-state index is 12.3. The third kappa shape index (κ3) is 2.21. The standard InChI is InChI=1S/C16H14N2O2/c19-15(18-20-11-13-6-2-1-3-7-13)16-9-5-4-8-14(16)10-17-12-16/h1-10,12H,11H2,(H,18,19). The Kier molecular flexibility index (Phi) is 3.31. The number of hydrogen-bond acceptors (Lipinski definition) is 3. The summed E-state index contributed by atoms with van der Waals surface area (Å²) in [5.41, 5.74) is 3.53. The van der Waals surface area contributed by atoms with Crippen LogP contribution in [0.15, 0.2) is 71.4 Å². The molecule has 0 fully saturated rings. The van der Waals surface area contributed by atoms with Gasteiger partial charge in [0.2, 0.25) is 0 Å². The van der Waals surface area contributed by atoms with Crippen LogP contribution in [0, 0.1) is 5.41 Å². The maximum atomic E-state index is 12.3. The second-order valence-corrected chi connectivity index (χ2v) is 4.66. The van der Waals surface area contributed by atoms with E-state index in [-0.39, 0.29) is 5.91 Å². The predicted octanol–water partition coefficient (Wildman–Crippen LogP) is 2.32. The number of rotatable bonds is 4. The molecule has 1 amide bonds. The van der Waals surface area contributed by atoms with Crippen molar-refractivity contribution in [3.63, 3.8) is 0 Å². The number of nitrogens with zero attached hydrogens (tertiary/aromatic N) is 1. The molecule has 0 saturated carbocycles. The van der Waals surface area contributed by atoms with Crippen LogP contribution in [0.1, 0.15) is 5.56 Å². The number of fused-ring (bicyclic) bond motifs is 1. The van der Waals surface area contributed by atoms with E-state index in [4.69, 9.17) is 4.84 Å². The topological polar surface area (TPSA) is 50.7 Å². The molecule has 20 heavy (non-hydrogen) atoms. The summed E-state index contributed by atoms with van der Waals surface area (Å²) in [7, 11) is 0. The van der Waals surface area contributed by atoms with Gasteiger partial charge in [-0.1, -0.05) is 54.6 Å². The number of carbonyl (C=O) groups is 1. The van der Waals surface area contributed by atoms with E-state index < -0.39 is 5.41 Å². The minimum Gasteiger partial charge on any atom is -0.271 e. The van der Waals surface area contributed by atoms with Crippen LogP contribution in [0.25, 0.3) is 0 Å². The molecule has 1 atom stereocenters. The molecule has 0 bridgehead atoms. The Labute approximate surface area is 117 Å². The quantitative estimate of drug-likeness (QED) is 0.850. The third-order valence-electron chi connectivity index (χ3n) is 3.34. The summed E-state index contributed by atoms with van der Waals surface area (Å²) in [6.07, 6.45) is 10.7. The van der Waals surface area contributed by atoms with Gasteiger partial charge in [0.25, 0.3) is 5.91 Å². The SMILES string of the molecule is O=C(NOCc1ccccc1)C12C=CC=CC1=CN=C2. The molecular weight excluding hydrogens is 252 g/mol. The van der Waals surface area contributed by atoms with Crippen LogP contribution in [0.4, 0.5) is 0 Å². The van der Waals surface area contributed by atoms with Crippen LogP contribution < -0.4 is 5.48 Å². The molecule has 3 rings (SSSR count). The van der Waals surface area contributed by atoms with Gasteiger partial charge in [0.1, 0.15) is 5.41 Å². The summed E-state index contributed by atoms with van der Waals surface area (Å²) in [6.45, 7) is 0.332. The predicted molar refractivity (Wildman–Crippen MR) is 76.7 cm³/mol. The van der Waals surface area contributed by atoms with E-state index in [1.54, 1.807) is 12.4 Å². The van der Waals surface area contributed by atoms with E-state index in [2.05, 4.69) is 10.5 Å². The molecule has 2 aliphatic rings. The number of carbonyl (C=O) groups excluding carboxylic acids is 1. The van der Waals surface area contributed by atoms with Gasteiger partial charge in [-0.05, 0) is 11.1 Å². The average molecular weight is 266 g/mol. The van der Waals surface area contributed by atoms with Gasteiger partial charge in [0, 0.05) is 12.4 Å². The number of nitrogens with one attached hydrogen (secondary N) is 1. The minimum absolute atomic E-state index is 0.235. The van der Waals surface area contributed by atoms with Crippen molar-refractivity contribution >= 4 is 12.1 Å². The molecule has 1 aliphatic heterocycles. The molecule has 100 valence electrons. The van der Waals surface area contributed by atoms with Gasteiger partial charge in [-0.25, -0.2) is 5.48 Å². The Morgan fingerprint density at radius 1 is 1.25 bits per heavy atom. The first-order chi connectivity index (χ1) is 9.81. The molecule has 4 heteroatoms. The van der Waals surface area contributed by atoms with Gasteiger partial charge in [-0.2, -0.15) is 0 Å². The number of aliphatic imine (C=N–C) groups is 1. The Hall–Kier alpha value is -2.46. The van der Waals surface area contributed by atoms with E-state index >= 15 is 0 Å². The van der Waals surface area contributed by atoms with Crippen LogP contribution in [0.2, 0.25) is 0 Å². The van der Waals surface area contributed by atoms with Gasteiger partial charge in [0.15, 0.2) is 0 Å². The lowest BCUT2D eigenvalue weighted by Gasteiger charge is -2.24. The maximum Gasteiger partial charge on any atom is 0.263 e. The molecular formula is C16H14N2O2. The molecule has 1 aliphatic carbocycles. The van der Waals surface area contributed by atoms with Gasteiger partial charge >= 0.3 is 0 Å². The fraction of sp³-hybridized carbons (Fsp3) is 0.125. The summed E-state index contributed by atoms with van der Waals surface area (Å²) >= 11 is 0. The number of benzene rings is 1. The normalized spacial score (nSPS) is 22.5. The summed E-state index contributed by atoms with van der Waals surface area (Å²) < 4.78 is 0. The van der Waals surface area contributed by atoms with Crippen LogP contribution in [0.5, 0.6) is 0 Å². The van der Waals surface area contributed by atoms with Gasteiger partial charge in [-0.15, -0.1) is 0 Å². The highest BCUT2D eigenvalue weighted by atomic mass is 16.6. The van der Waals surface area contributed by atoms with E-state index in [1.807, 2.05) is 54.6 Å². The Balaban J connectivity index is 1.63. The zero-order chi connectivity index (χ0) is 13.8. The van der Waals surface area contributed by atoms with Gasteiger partial charge in [-0.3, -0.25) is 14.6 Å². The monoisotopic (exact) mass is 266 g/mol. The molecule has 4 nitrogen and oxygen atoms in total. The average Bonchev–Trinajstić information content (AvgIpc) is 2.93. The highest BCUT2D eigenvalue weighted by Gasteiger charge is 2.40. The Morgan fingerprint density at radius 2 is 2.10 bits per heavy atom. The molecule has 0 radical (unpaired) electrons. The number of hydrogen-bond donors (Lipinski definition) is 1. The summed E-state index contributed by atoms with van der Waals surface area (Å²) in [5.74, 6) is -0.235. The van der Waals surface area contributed by atoms with Crippen molar-refractivity contribution < 1.29 is 9.63 Å². The van der Waals surface area contributed by atoms with Crippen LogP contribution in [0.3, 0.4) is 0 Å².